The van der Waals surface area contributed by atoms with E-state index in [0.717, 1.165) is 12.1 Å². The van der Waals surface area contributed by atoms with Crippen LogP contribution >= 0.6 is 0 Å². The van der Waals surface area contributed by atoms with Gasteiger partial charge in [0.05, 0.1) is 10.6 Å². The van der Waals surface area contributed by atoms with Crippen molar-refractivity contribution in [1.29, 1.82) is 0 Å². The molecule has 0 saturated heterocycles. The smallest absolute Gasteiger partial charge is 0.261 e. The molecule has 0 aliphatic rings. The molecule has 0 aromatic heterocycles. The Kier molecular flexibility index (Phi) is 5.41. The highest BCUT2D eigenvalue weighted by molar-refractivity contribution is 7.92. The first-order valence-electron chi connectivity index (χ1n) is 8.22. The average molecular weight is 402 g/mol. The fraction of sp³-hybridized carbons (Fsp3) is 0.0500. The summed E-state index contributed by atoms with van der Waals surface area (Å²) in [6, 6.07) is 15.3. The SMILES string of the molecule is Cc1cc(C(=O)Nc2c(F)cccc2F)ccc1NS(=O)(=O)c1ccccc1. The fourth-order valence-electron chi connectivity index (χ4n) is 2.53. The average Bonchev–Trinajstić information content (AvgIpc) is 2.67. The maximum Gasteiger partial charge on any atom is 0.261 e. The first-order chi connectivity index (χ1) is 13.3. The second-order valence-electron chi connectivity index (χ2n) is 6.00. The molecule has 0 bridgehead atoms. The fourth-order valence-corrected chi connectivity index (χ4v) is 3.68. The molecular weight excluding hydrogens is 386 g/mol. The second-order valence-corrected chi connectivity index (χ2v) is 7.68. The molecular formula is C20H16F2N2O3S. The lowest BCUT2D eigenvalue weighted by Gasteiger charge is -2.12. The van der Waals surface area contributed by atoms with Gasteiger partial charge < -0.3 is 5.32 Å². The number of sulfonamides is 1. The Labute approximate surface area is 161 Å². The van der Waals surface area contributed by atoms with Gasteiger partial charge in [0, 0.05) is 5.56 Å². The predicted molar refractivity (Wildman–Crippen MR) is 103 cm³/mol. The Bertz CT molecular complexity index is 1110. The summed E-state index contributed by atoms with van der Waals surface area (Å²) in [6.07, 6.45) is 0. The van der Waals surface area contributed by atoms with Gasteiger partial charge in [-0.2, -0.15) is 0 Å². The van der Waals surface area contributed by atoms with Crippen LogP contribution in [0.5, 0.6) is 0 Å². The van der Waals surface area contributed by atoms with Crippen molar-refractivity contribution in [3.8, 4) is 0 Å². The Hall–Kier alpha value is -3.26. The summed E-state index contributed by atoms with van der Waals surface area (Å²) in [5.41, 5.74) is 0.348. The summed E-state index contributed by atoms with van der Waals surface area (Å²) in [5, 5.41) is 2.19. The van der Waals surface area contributed by atoms with Crippen molar-refractivity contribution in [3.63, 3.8) is 0 Å². The molecule has 0 fully saturated rings. The van der Waals surface area contributed by atoms with Crippen LogP contribution in [-0.2, 0) is 10.0 Å². The number of hydrogen-bond acceptors (Lipinski definition) is 3. The first-order valence-corrected chi connectivity index (χ1v) is 9.70. The second kappa shape index (κ2) is 7.77. The first kappa shape index (κ1) is 19.5. The maximum absolute atomic E-state index is 13.7. The molecule has 1 amide bonds. The largest absolute Gasteiger partial charge is 0.317 e. The standard InChI is InChI=1S/C20H16F2N2O3S/c1-13-12-14(20(25)23-19-16(21)8-5-9-17(19)22)10-11-18(13)24-28(26,27)15-6-3-2-4-7-15/h2-12,24H,1H3,(H,23,25). The summed E-state index contributed by atoms with van der Waals surface area (Å²) in [5.74, 6) is -2.50. The highest BCUT2D eigenvalue weighted by atomic mass is 32.2. The van der Waals surface area contributed by atoms with E-state index in [1.54, 1.807) is 25.1 Å². The monoisotopic (exact) mass is 402 g/mol. The number of amides is 1. The van der Waals surface area contributed by atoms with Gasteiger partial charge in [-0.25, -0.2) is 17.2 Å². The third-order valence-electron chi connectivity index (χ3n) is 3.99. The van der Waals surface area contributed by atoms with Crippen LogP contribution in [0.2, 0.25) is 0 Å². The Balaban J connectivity index is 1.82. The van der Waals surface area contributed by atoms with Crippen LogP contribution in [0.4, 0.5) is 20.2 Å². The van der Waals surface area contributed by atoms with Crippen molar-refractivity contribution < 1.29 is 22.0 Å². The van der Waals surface area contributed by atoms with Gasteiger partial charge >= 0.3 is 0 Å². The van der Waals surface area contributed by atoms with E-state index in [1.165, 1.54) is 36.4 Å². The molecule has 3 aromatic carbocycles. The summed E-state index contributed by atoms with van der Waals surface area (Å²) >= 11 is 0. The zero-order chi connectivity index (χ0) is 20.3. The highest BCUT2D eigenvalue weighted by Crippen LogP contribution is 2.23. The van der Waals surface area contributed by atoms with Crippen molar-refractivity contribution in [2.75, 3.05) is 10.0 Å². The van der Waals surface area contributed by atoms with E-state index >= 15 is 0 Å². The van der Waals surface area contributed by atoms with Crippen LogP contribution in [0.25, 0.3) is 0 Å². The number of carbonyl (C=O) groups excluding carboxylic acids is 1. The highest BCUT2D eigenvalue weighted by Gasteiger charge is 2.17. The number of rotatable bonds is 5. The van der Waals surface area contributed by atoms with Crippen molar-refractivity contribution >= 4 is 27.3 Å². The zero-order valence-corrected chi connectivity index (χ0v) is 15.6. The van der Waals surface area contributed by atoms with Gasteiger partial charge in [-0.1, -0.05) is 24.3 Å². The van der Waals surface area contributed by atoms with Crippen LogP contribution < -0.4 is 10.0 Å². The molecule has 0 aliphatic carbocycles. The lowest BCUT2D eigenvalue weighted by Crippen LogP contribution is -2.16. The van der Waals surface area contributed by atoms with Gasteiger partial charge in [-0.15, -0.1) is 0 Å². The number of anilines is 2. The number of aryl methyl sites for hydroxylation is 1. The molecule has 0 radical (unpaired) electrons. The van der Waals surface area contributed by atoms with E-state index in [-0.39, 0.29) is 16.1 Å². The molecule has 5 nitrogen and oxygen atoms in total. The minimum atomic E-state index is -3.78. The zero-order valence-electron chi connectivity index (χ0n) is 14.7. The molecule has 3 rings (SSSR count). The van der Waals surface area contributed by atoms with Crippen LogP contribution in [-0.4, -0.2) is 14.3 Å². The molecule has 28 heavy (non-hydrogen) atoms. The van der Waals surface area contributed by atoms with Gasteiger partial charge in [0.1, 0.15) is 17.3 Å². The minimum absolute atomic E-state index is 0.103. The van der Waals surface area contributed by atoms with E-state index in [0.29, 0.717) is 5.56 Å². The molecule has 0 unspecified atom stereocenters. The molecule has 0 atom stereocenters. The van der Waals surface area contributed by atoms with Crippen LogP contribution in [0.3, 0.4) is 0 Å². The van der Waals surface area contributed by atoms with Gasteiger partial charge in [-0.05, 0) is 55.0 Å². The van der Waals surface area contributed by atoms with E-state index in [2.05, 4.69) is 10.0 Å². The van der Waals surface area contributed by atoms with Gasteiger partial charge in [-0.3, -0.25) is 9.52 Å². The van der Waals surface area contributed by atoms with Crippen LogP contribution in [0.15, 0.2) is 71.6 Å². The van der Waals surface area contributed by atoms with E-state index in [4.69, 9.17) is 0 Å². The topological polar surface area (TPSA) is 75.3 Å². The number of para-hydroxylation sites is 1. The normalized spacial score (nSPS) is 11.1. The molecule has 0 saturated carbocycles. The van der Waals surface area contributed by atoms with Gasteiger partial charge in [0.25, 0.3) is 15.9 Å². The van der Waals surface area contributed by atoms with E-state index in [1.807, 2.05) is 0 Å². The lowest BCUT2D eigenvalue weighted by atomic mass is 10.1. The van der Waals surface area contributed by atoms with Crippen LogP contribution in [0.1, 0.15) is 15.9 Å². The molecule has 8 heteroatoms. The summed E-state index contributed by atoms with van der Waals surface area (Å²) < 4.78 is 54.7. The number of benzene rings is 3. The molecule has 0 aliphatic heterocycles. The lowest BCUT2D eigenvalue weighted by molar-refractivity contribution is 0.102. The quantitative estimate of drug-likeness (QED) is 0.667. The molecule has 144 valence electrons. The van der Waals surface area contributed by atoms with E-state index in [9.17, 15) is 22.0 Å². The van der Waals surface area contributed by atoms with Crippen molar-refractivity contribution in [2.45, 2.75) is 11.8 Å². The molecule has 2 N–H and O–H groups in total. The van der Waals surface area contributed by atoms with Crippen molar-refractivity contribution in [2.24, 2.45) is 0 Å². The predicted octanol–water partition coefficient (Wildman–Crippen LogP) is 4.33. The molecule has 0 spiro atoms. The van der Waals surface area contributed by atoms with Crippen LogP contribution in [0, 0.1) is 18.6 Å². The summed E-state index contributed by atoms with van der Waals surface area (Å²) in [7, 11) is -3.78. The van der Waals surface area contributed by atoms with E-state index < -0.39 is 33.3 Å². The number of halogens is 2. The van der Waals surface area contributed by atoms with Crippen molar-refractivity contribution in [3.05, 3.63) is 89.5 Å². The maximum atomic E-state index is 13.7. The third kappa shape index (κ3) is 4.17. The minimum Gasteiger partial charge on any atom is -0.317 e. The van der Waals surface area contributed by atoms with Gasteiger partial charge in [0.2, 0.25) is 0 Å². The number of carbonyl (C=O) groups is 1. The third-order valence-corrected chi connectivity index (χ3v) is 5.37. The van der Waals surface area contributed by atoms with Crippen molar-refractivity contribution in [1.82, 2.24) is 0 Å². The Morgan fingerprint density at radius 1 is 0.893 bits per heavy atom. The summed E-state index contributed by atoms with van der Waals surface area (Å²) in [4.78, 5) is 12.4. The Morgan fingerprint density at radius 2 is 1.54 bits per heavy atom. The number of nitrogens with one attached hydrogen (secondary N) is 2. The molecule has 0 heterocycles. The van der Waals surface area contributed by atoms with Gasteiger partial charge in [0.15, 0.2) is 0 Å². The molecule has 3 aromatic rings. The number of hydrogen-bond donors (Lipinski definition) is 2. The Morgan fingerprint density at radius 3 is 2.14 bits per heavy atom. The summed E-state index contributed by atoms with van der Waals surface area (Å²) in [6.45, 7) is 1.61.